The summed E-state index contributed by atoms with van der Waals surface area (Å²) < 4.78 is 5.83. The molecule has 1 aromatic heterocycles. The number of carbonyl (C=O) groups is 1. The number of thiazole rings is 1. The van der Waals surface area contributed by atoms with Crippen LogP contribution in [0.5, 0.6) is 5.75 Å². The Morgan fingerprint density at radius 3 is 2.55 bits per heavy atom. The van der Waals surface area contributed by atoms with Crippen molar-refractivity contribution < 1.29 is 19.5 Å². The molecule has 6 nitrogen and oxygen atoms in total. The van der Waals surface area contributed by atoms with Gasteiger partial charge in [-0.25, -0.2) is 9.78 Å². The number of aromatic carboxylic acids is 1. The van der Waals surface area contributed by atoms with Gasteiger partial charge in [0.15, 0.2) is 6.10 Å². The van der Waals surface area contributed by atoms with Crippen LogP contribution in [0.4, 0.5) is 0 Å². The molecule has 0 aliphatic heterocycles. The van der Waals surface area contributed by atoms with Crippen molar-refractivity contribution in [3.05, 3.63) is 81.8 Å². The number of hydrogen-bond acceptors (Lipinski definition) is 6. The maximum atomic E-state index is 11.0. The van der Waals surface area contributed by atoms with Gasteiger partial charge in [0.2, 0.25) is 0 Å². The summed E-state index contributed by atoms with van der Waals surface area (Å²) in [5, 5.41) is 15.3. The zero-order valence-corrected chi connectivity index (χ0v) is 19.2. The number of carboxylic acids is 1. The normalized spacial score (nSPS) is 15.4. The molecular formula is C26H28N2O4S. The van der Waals surface area contributed by atoms with Gasteiger partial charge in [-0.05, 0) is 47.7 Å². The molecule has 1 aliphatic carbocycles. The van der Waals surface area contributed by atoms with Crippen LogP contribution in [0.1, 0.15) is 71.8 Å². The lowest BCUT2D eigenvalue weighted by Gasteiger charge is -2.25. The van der Waals surface area contributed by atoms with Crippen LogP contribution in [-0.2, 0) is 11.4 Å². The Morgan fingerprint density at radius 1 is 1.12 bits per heavy atom. The highest BCUT2D eigenvalue weighted by Crippen LogP contribution is 2.34. The topological polar surface area (TPSA) is 81.0 Å². The van der Waals surface area contributed by atoms with Crippen LogP contribution in [-0.4, -0.2) is 22.3 Å². The summed E-state index contributed by atoms with van der Waals surface area (Å²) in [4.78, 5) is 21.2. The van der Waals surface area contributed by atoms with E-state index in [9.17, 15) is 4.79 Å². The standard InChI is InChI=1S/C26H28N2O4S/c29-26(30)22-8-6-20(7-9-22)15-28-32-25(14-19-4-2-1-3-5-19)21-10-12-24(13-11-21)31-16-23-17-33-18-27-23/h6-13,15,17-19,25H,1-5,14,16H2,(H,29,30). The van der Waals surface area contributed by atoms with E-state index in [1.54, 1.807) is 47.3 Å². The van der Waals surface area contributed by atoms with Crippen molar-refractivity contribution in [1.29, 1.82) is 0 Å². The van der Waals surface area contributed by atoms with Crippen LogP contribution >= 0.6 is 11.3 Å². The highest BCUT2D eigenvalue weighted by molar-refractivity contribution is 7.07. The second-order valence-electron chi connectivity index (χ2n) is 8.33. The van der Waals surface area contributed by atoms with E-state index in [4.69, 9.17) is 14.7 Å². The molecule has 0 radical (unpaired) electrons. The van der Waals surface area contributed by atoms with Crippen molar-refractivity contribution in [3.63, 3.8) is 0 Å². The van der Waals surface area contributed by atoms with E-state index in [0.717, 1.165) is 29.0 Å². The number of carboxylic acid groups (broad SMARTS) is 1. The Balaban J connectivity index is 1.41. The summed E-state index contributed by atoms with van der Waals surface area (Å²) in [6, 6.07) is 14.6. The summed E-state index contributed by atoms with van der Waals surface area (Å²) in [7, 11) is 0. The van der Waals surface area contributed by atoms with E-state index in [0.29, 0.717) is 12.5 Å². The van der Waals surface area contributed by atoms with Gasteiger partial charge in [0.1, 0.15) is 12.4 Å². The van der Waals surface area contributed by atoms with Crippen LogP contribution in [0, 0.1) is 5.92 Å². The van der Waals surface area contributed by atoms with Gasteiger partial charge in [0.05, 0.1) is 23.0 Å². The number of aromatic nitrogens is 1. The van der Waals surface area contributed by atoms with E-state index in [1.807, 2.05) is 29.6 Å². The van der Waals surface area contributed by atoms with Crippen LogP contribution < -0.4 is 4.74 Å². The third kappa shape index (κ3) is 6.89. The number of nitrogens with zero attached hydrogens (tertiary/aromatic N) is 2. The fraction of sp³-hybridized carbons (Fsp3) is 0.346. The first-order valence-electron chi connectivity index (χ1n) is 11.3. The highest BCUT2D eigenvalue weighted by Gasteiger charge is 2.22. The summed E-state index contributed by atoms with van der Waals surface area (Å²) in [5.74, 6) is 0.487. The molecule has 0 saturated heterocycles. The molecular weight excluding hydrogens is 436 g/mol. The zero-order chi connectivity index (χ0) is 22.9. The minimum absolute atomic E-state index is 0.143. The summed E-state index contributed by atoms with van der Waals surface area (Å²) in [6.45, 7) is 0.454. The molecule has 1 atom stereocenters. The van der Waals surface area contributed by atoms with Crippen molar-refractivity contribution in [2.75, 3.05) is 0 Å². The molecule has 1 aliphatic rings. The lowest BCUT2D eigenvalue weighted by molar-refractivity contribution is 0.0362. The first kappa shape index (κ1) is 23.0. The van der Waals surface area contributed by atoms with Crippen molar-refractivity contribution in [2.45, 2.75) is 51.2 Å². The highest BCUT2D eigenvalue weighted by atomic mass is 32.1. The number of rotatable bonds is 10. The predicted octanol–water partition coefficient (Wildman–Crippen LogP) is 6.48. The third-order valence-electron chi connectivity index (χ3n) is 5.94. The van der Waals surface area contributed by atoms with E-state index in [1.165, 1.54) is 32.1 Å². The maximum Gasteiger partial charge on any atom is 0.335 e. The predicted molar refractivity (Wildman–Crippen MR) is 129 cm³/mol. The van der Waals surface area contributed by atoms with E-state index >= 15 is 0 Å². The van der Waals surface area contributed by atoms with Gasteiger partial charge in [-0.15, -0.1) is 11.3 Å². The van der Waals surface area contributed by atoms with Crippen LogP contribution in [0.2, 0.25) is 0 Å². The van der Waals surface area contributed by atoms with Gasteiger partial charge < -0.3 is 14.7 Å². The fourth-order valence-corrected chi connectivity index (χ4v) is 4.63. The molecule has 1 fully saturated rings. The van der Waals surface area contributed by atoms with Gasteiger partial charge in [-0.3, -0.25) is 0 Å². The van der Waals surface area contributed by atoms with Crippen LogP contribution in [0.25, 0.3) is 0 Å². The van der Waals surface area contributed by atoms with Crippen molar-refractivity contribution in [2.24, 2.45) is 11.1 Å². The van der Waals surface area contributed by atoms with Crippen LogP contribution in [0.15, 0.2) is 64.6 Å². The number of ether oxygens (including phenoxy) is 1. The molecule has 1 heterocycles. The zero-order valence-electron chi connectivity index (χ0n) is 18.4. The number of oxime groups is 1. The van der Waals surface area contributed by atoms with E-state index in [-0.39, 0.29) is 11.7 Å². The fourth-order valence-electron chi connectivity index (χ4n) is 4.09. The van der Waals surface area contributed by atoms with Gasteiger partial charge in [-0.1, -0.05) is 61.5 Å². The van der Waals surface area contributed by atoms with Gasteiger partial charge in [0, 0.05) is 5.38 Å². The molecule has 2 aromatic carbocycles. The van der Waals surface area contributed by atoms with Crippen molar-refractivity contribution in [1.82, 2.24) is 4.98 Å². The minimum Gasteiger partial charge on any atom is -0.487 e. The summed E-state index contributed by atoms with van der Waals surface area (Å²) in [6.07, 6.45) is 8.75. The Kier molecular flexibility index (Phi) is 8.09. The van der Waals surface area contributed by atoms with Crippen molar-refractivity contribution >= 4 is 23.5 Å². The molecule has 1 N–H and O–H groups in total. The van der Waals surface area contributed by atoms with Gasteiger partial charge in [0.25, 0.3) is 0 Å². The Labute approximate surface area is 197 Å². The van der Waals surface area contributed by atoms with E-state index < -0.39 is 5.97 Å². The second-order valence-corrected chi connectivity index (χ2v) is 9.05. The molecule has 0 bridgehead atoms. The largest absolute Gasteiger partial charge is 0.487 e. The SMILES string of the molecule is O=C(O)c1ccc(C=NOC(CC2CCCCC2)c2ccc(OCc3cscn3)cc2)cc1. The Hall–Kier alpha value is -3.19. The molecule has 33 heavy (non-hydrogen) atoms. The first-order valence-corrected chi connectivity index (χ1v) is 12.2. The van der Waals surface area contributed by atoms with Crippen molar-refractivity contribution in [3.8, 4) is 5.75 Å². The molecule has 0 amide bonds. The minimum atomic E-state index is -0.943. The second kappa shape index (κ2) is 11.6. The lowest BCUT2D eigenvalue weighted by Crippen LogP contribution is -2.12. The first-order chi connectivity index (χ1) is 16.2. The Bertz CT molecular complexity index is 1030. The molecule has 3 aromatic rings. The number of hydrogen-bond donors (Lipinski definition) is 1. The molecule has 0 spiro atoms. The lowest BCUT2D eigenvalue weighted by atomic mass is 9.84. The molecule has 4 rings (SSSR count). The summed E-state index contributed by atoms with van der Waals surface area (Å²) in [5.41, 5.74) is 4.84. The smallest absolute Gasteiger partial charge is 0.335 e. The molecule has 7 heteroatoms. The van der Waals surface area contributed by atoms with Gasteiger partial charge in [-0.2, -0.15) is 0 Å². The molecule has 1 saturated carbocycles. The monoisotopic (exact) mass is 464 g/mol. The third-order valence-corrected chi connectivity index (χ3v) is 6.58. The van der Waals surface area contributed by atoms with Crippen LogP contribution in [0.3, 0.4) is 0 Å². The summed E-state index contributed by atoms with van der Waals surface area (Å²) >= 11 is 1.56. The average molecular weight is 465 g/mol. The van der Waals surface area contributed by atoms with Gasteiger partial charge >= 0.3 is 5.97 Å². The quantitative estimate of drug-likeness (QED) is 0.274. The number of benzene rings is 2. The molecule has 172 valence electrons. The van der Waals surface area contributed by atoms with E-state index in [2.05, 4.69) is 10.1 Å². The maximum absolute atomic E-state index is 11.0. The Morgan fingerprint density at radius 2 is 1.88 bits per heavy atom. The molecule has 1 unspecified atom stereocenters. The average Bonchev–Trinajstić information content (AvgIpc) is 3.37.